The van der Waals surface area contributed by atoms with Gasteiger partial charge in [0.15, 0.2) is 0 Å². The van der Waals surface area contributed by atoms with E-state index < -0.39 is 30.5 Å². The highest BCUT2D eigenvalue weighted by molar-refractivity contribution is 7.52. The van der Waals surface area contributed by atoms with E-state index in [1.165, 1.54) is 24.6 Å². The van der Waals surface area contributed by atoms with Crippen molar-refractivity contribution in [2.45, 2.75) is 52.4 Å². The van der Waals surface area contributed by atoms with Crippen molar-refractivity contribution in [1.29, 1.82) is 0 Å². The lowest BCUT2D eigenvalue weighted by atomic mass is 10.3. The van der Waals surface area contributed by atoms with Crippen LogP contribution in [-0.4, -0.2) is 34.5 Å². The molecule has 0 bridgehead atoms. The van der Waals surface area contributed by atoms with Crippen LogP contribution in [0.25, 0.3) is 0 Å². The van der Waals surface area contributed by atoms with Gasteiger partial charge in [0.05, 0.1) is 25.4 Å². The number of rotatable bonds is 8. The summed E-state index contributed by atoms with van der Waals surface area (Å²) in [6, 6.07) is -0.665. The standard InChI is InChI=1S/C14H25N2O6P/c1-9(2)21-7-12(8-22-23(19,20)10(3)4)16-6-11(5)13(17)15-14(16)18/h6,9-10,12H,7-8H2,1-5H3,(H,19,20)(H,15,17,18)/p-1/t12-/m0/s1. The van der Waals surface area contributed by atoms with Gasteiger partial charge in [0.25, 0.3) is 5.56 Å². The molecule has 0 amide bonds. The molecule has 1 heterocycles. The normalized spacial score (nSPS) is 15.8. The zero-order valence-electron chi connectivity index (χ0n) is 14.1. The lowest BCUT2D eigenvalue weighted by molar-refractivity contribution is -0.201. The molecule has 0 radical (unpaired) electrons. The highest BCUT2D eigenvalue weighted by Gasteiger charge is 2.20. The highest BCUT2D eigenvalue weighted by atomic mass is 31.2. The Morgan fingerprint density at radius 1 is 1.26 bits per heavy atom. The van der Waals surface area contributed by atoms with E-state index in [1.54, 1.807) is 6.92 Å². The molecule has 1 N–H and O–H groups in total. The van der Waals surface area contributed by atoms with Crippen molar-refractivity contribution in [2.75, 3.05) is 13.2 Å². The Bertz CT molecular complexity index is 679. The Hall–Kier alpha value is -1.21. The Balaban J connectivity index is 3.06. The van der Waals surface area contributed by atoms with E-state index in [2.05, 4.69) is 4.98 Å². The molecule has 1 aromatic heterocycles. The lowest BCUT2D eigenvalue weighted by Gasteiger charge is -2.30. The fourth-order valence-electron chi connectivity index (χ4n) is 1.71. The molecule has 132 valence electrons. The van der Waals surface area contributed by atoms with Crippen LogP contribution in [0.5, 0.6) is 0 Å². The Morgan fingerprint density at radius 2 is 1.87 bits per heavy atom. The molecule has 0 aliphatic heterocycles. The third-order valence-corrected chi connectivity index (χ3v) is 5.01. The summed E-state index contributed by atoms with van der Waals surface area (Å²) in [5.74, 6) is 0. The second kappa shape index (κ2) is 8.06. The summed E-state index contributed by atoms with van der Waals surface area (Å²) in [6.07, 6.45) is 1.28. The second-order valence-electron chi connectivity index (χ2n) is 5.94. The van der Waals surface area contributed by atoms with Gasteiger partial charge in [-0.1, -0.05) is 13.8 Å². The van der Waals surface area contributed by atoms with E-state index in [9.17, 15) is 19.0 Å². The van der Waals surface area contributed by atoms with Crippen molar-refractivity contribution >= 4 is 7.60 Å². The quantitative estimate of drug-likeness (QED) is 0.696. The molecule has 1 unspecified atom stereocenters. The van der Waals surface area contributed by atoms with Gasteiger partial charge in [0.1, 0.15) is 7.60 Å². The van der Waals surface area contributed by atoms with E-state index in [4.69, 9.17) is 9.26 Å². The first-order valence-corrected chi connectivity index (χ1v) is 9.04. The number of aromatic nitrogens is 2. The Morgan fingerprint density at radius 3 is 2.39 bits per heavy atom. The Kier molecular flexibility index (Phi) is 6.95. The van der Waals surface area contributed by atoms with Gasteiger partial charge in [-0.05, 0) is 20.8 Å². The first-order valence-electron chi connectivity index (χ1n) is 7.43. The average molecular weight is 347 g/mol. The summed E-state index contributed by atoms with van der Waals surface area (Å²) in [6.45, 7) is 8.09. The monoisotopic (exact) mass is 347 g/mol. The molecule has 0 aliphatic rings. The van der Waals surface area contributed by atoms with Crippen LogP contribution in [0.1, 0.15) is 39.3 Å². The molecular formula is C14H24N2O6P-. The number of H-pyrrole nitrogens is 1. The smallest absolute Gasteiger partial charge is 0.328 e. The number of aromatic amines is 1. The molecule has 0 aliphatic carbocycles. The minimum Gasteiger partial charge on any atom is -0.778 e. The lowest BCUT2D eigenvalue weighted by Crippen LogP contribution is -2.37. The van der Waals surface area contributed by atoms with Crippen LogP contribution in [0.15, 0.2) is 15.8 Å². The van der Waals surface area contributed by atoms with Crippen LogP contribution >= 0.6 is 7.60 Å². The van der Waals surface area contributed by atoms with Gasteiger partial charge in [0, 0.05) is 17.4 Å². The largest absolute Gasteiger partial charge is 0.778 e. The molecule has 0 saturated heterocycles. The highest BCUT2D eigenvalue weighted by Crippen LogP contribution is 2.42. The molecule has 0 saturated carbocycles. The molecule has 23 heavy (non-hydrogen) atoms. The van der Waals surface area contributed by atoms with E-state index in [1.807, 2.05) is 13.8 Å². The summed E-state index contributed by atoms with van der Waals surface area (Å²) in [7, 11) is -4.02. The van der Waals surface area contributed by atoms with Crippen LogP contribution in [-0.2, 0) is 13.8 Å². The first-order chi connectivity index (χ1) is 10.5. The van der Waals surface area contributed by atoms with Gasteiger partial charge in [-0.2, -0.15) is 0 Å². The van der Waals surface area contributed by atoms with Crippen molar-refractivity contribution in [2.24, 2.45) is 0 Å². The minimum absolute atomic E-state index is 0.0845. The minimum atomic E-state index is -4.02. The first kappa shape index (κ1) is 19.8. The maximum Gasteiger partial charge on any atom is 0.328 e. The number of ether oxygens (including phenoxy) is 1. The number of nitrogens with zero attached hydrogens (tertiary/aromatic N) is 1. The molecular weight excluding hydrogens is 323 g/mol. The average Bonchev–Trinajstić information content (AvgIpc) is 2.43. The summed E-state index contributed by atoms with van der Waals surface area (Å²) >= 11 is 0. The van der Waals surface area contributed by atoms with Gasteiger partial charge in [-0.15, -0.1) is 0 Å². The molecule has 0 fully saturated rings. The SMILES string of the molecule is Cc1cn([C@@H](COC(C)C)COP(=O)([O-])C(C)C)c(=O)[nH]c1=O. The fourth-order valence-corrected chi connectivity index (χ4v) is 2.39. The maximum atomic E-state index is 12.0. The molecule has 9 heteroatoms. The van der Waals surface area contributed by atoms with Crippen LogP contribution < -0.4 is 16.1 Å². The number of aryl methyl sites for hydroxylation is 1. The predicted octanol–water partition coefficient (Wildman–Crippen LogP) is 0.790. The maximum absolute atomic E-state index is 12.0. The van der Waals surface area contributed by atoms with E-state index in [0.717, 1.165) is 0 Å². The van der Waals surface area contributed by atoms with E-state index in [0.29, 0.717) is 5.56 Å². The van der Waals surface area contributed by atoms with Crippen LogP contribution in [0.4, 0.5) is 0 Å². The van der Waals surface area contributed by atoms with Gasteiger partial charge in [0.2, 0.25) is 0 Å². The molecule has 1 aromatic rings. The summed E-state index contributed by atoms with van der Waals surface area (Å²) in [4.78, 5) is 37.5. The van der Waals surface area contributed by atoms with Crippen molar-refractivity contribution < 1.29 is 18.7 Å². The van der Waals surface area contributed by atoms with E-state index in [-0.39, 0.29) is 19.3 Å². The fraction of sp³-hybridized carbons (Fsp3) is 0.714. The number of nitrogens with one attached hydrogen (secondary N) is 1. The van der Waals surface area contributed by atoms with Crippen molar-refractivity contribution in [1.82, 2.24) is 9.55 Å². The molecule has 0 spiro atoms. The molecule has 1 rings (SSSR count). The third-order valence-electron chi connectivity index (χ3n) is 3.24. The van der Waals surface area contributed by atoms with Crippen LogP contribution in [0.3, 0.4) is 0 Å². The second-order valence-corrected chi connectivity index (χ2v) is 8.31. The van der Waals surface area contributed by atoms with Crippen molar-refractivity contribution in [3.05, 3.63) is 32.6 Å². The van der Waals surface area contributed by atoms with Gasteiger partial charge < -0.3 is 18.7 Å². The zero-order valence-corrected chi connectivity index (χ0v) is 15.0. The summed E-state index contributed by atoms with van der Waals surface area (Å²) in [5.41, 5.74) is -1.43. The van der Waals surface area contributed by atoms with Gasteiger partial charge >= 0.3 is 5.69 Å². The van der Waals surface area contributed by atoms with Gasteiger partial charge in [-0.25, -0.2) is 4.79 Å². The summed E-state index contributed by atoms with van der Waals surface area (Å²) in [5, 5.41) is 0. The van der Waals surface area contributed by atoms with Crippen molar-refractivity contribution in [3.63, 3.8) is 0 Å². The number of hydrogen-bond donors (Lipinski definition) is 1. The number of hydrogen-bond acceptors (Lipinski definition) is 6. The van der Waals surface area contributed by atoms with Crippen molar-refractivity contribution in [3.8, 4) is 0 Å². The zero-order chi connectivity index (χ0) is 17.8. The van der Waals surface area contributed by atoms with Crippen LogP contribution in [0, 0.1) is 6.92 Å². The summed E-state index contributed by atoms with van der Waals surface area (Å²) < 4.78 is 23.6. The van der Waals surface area contributed by atoms with Crippen LogP contribution in [0.2, 0.25) is 0 Å². The third kappa shape index (κ3) is 5.73. The molecule has 2 atom stereocenters. The molecule has 0 aromatic carbocycles. The molecule has 8 nitrogen and oxygen atoms in total. The Labute approximate surface area is 135 Å². The van der Waals surface area contributed by atoms with E-state index >= 15 is 0 Å². The predicted molar refractivity (Wildman–Crippen MR) is 84.9 cm³/mol. The van der Waals surface area contributed by atoms with Gasteiger partial charge in [-0.3, -0.25) is 14.3 Å². The topological polar surface area (TPSA) is 113 Å².